The summed E-state index contributed by atoms with van der Waals surface area (Å²) in [5, 5.41) is 0. The highest BCUT2D eigenvalue weighted by Gasteiger charge is 2.28. The lowest BCUT2D eigenvalue weighted by Crippen LogP contribution is -2.34. The van der Waals surface area contributed by atoms with Crippen LogP contribution in [-0.2, 0) is 14.3 Å². The molecule has 2 aliphatic rings. The zero-order valence-corrected chi connectivity index (χ0v) is 19.3. The fourth-order valence-electron chi connectivity index (χ4n) is 4.47. The highest BCUT2D eigenvalue weighted by atomic mass is 16.5. The van der Waals surface area contributed by atoms with Gasteiger partial charge < -0.3 is 15.4 Å². The normalized spacial score (nSPS) is 17.5. The van der Waals surface area contributed by atoms with Crippen molar-refractivity contribution in [3.05, 3.63) is 59.2 Å². The Morgan fingerprint density at radius 3 is 2.42 bits per heavy atom. The summed E-state index contributed by atoms with van der Waals surface area (Å²) in [7, 11) is 0. The zero-order chi connectivity index (χ0) is 23.4. The molecule has 6 nitrogen and oxygen atoms in total. The number of hydrogen-bond donors (Lipinski definition) is 1. The molecule has 2 aliphatic heterocycles. The lowest BCUT2D eigenvalue weighted by Gasteiger charge is -2.22. The molecule has 0 bridgehead atoms. The van der Waals surface area contributed by atoms with E-state index >= 15 is 0 Å². The van der Waals surface area contributed by atoms with Crippen molar-refractivity contribution in [2.45, 2.75) is 45.4 Å². The average Bonchev–Trinajstić information content (AvgIpc) is 3.16. The van der Waals surface area contributed by atoms with Crippen molar-refractivity contribution in [3.8, 4) is 11.1 Å². The molecule has 33 heavy (non-hydrogen) atoms. The molecule has 1 fully saturated rings. The van der Waals surface area contributed by atoms with Gasteiger partial charge in [-0.15, -0.1) is 0 Å². The Morgan fingerprint density at radius 1 is 1.09 bits per heavy atom. The van der Waals surface area contributed by atoms with Crippen LogP contribution < -0.4 is 5.73 Å². The van der Waals surface area contributed by atoms with Crippen LogP contribution in [0.2, 0.25) is 0 Å². The summed E-state index contributed by atoms with van der Waals surface area (Å²) in [6.45, 7) is 6.12. The van der Waals surface area contributed by atoms with Gasteiger partial charge in [0.1, 0.15) is 5.84 Å². The number of aliphatic imine (C=N–C) groups is 1. The van der Waals surface area contributed by atoms with Crippen LogP contribution in [0.4, 0.5) is 5.69 Å². The van der Waals surface area contributed by atoms with Crippen LogP contribution in [0.5, 0.6) is 0 Å². The summed E-state index contributed by atoms with van der Waals surface area (Å²) < 4.78 is 5.09. The van der Waals surface area contributed by atoms with Crippen LogP contribution in [0.3, 0.4) is 0 Å². The van der Waals surface area contributed by atoms with Crippen molar-refractivity contribution in [1.29, 1.82) is 0 Å². The number of ether oxygens (including phenoxy) is 1. The zero-order valence-electron chi connectivity index (χ0n) is 19.3. The minimum atomic E-state index is -0.170. The smallest absolute Gasteiger partial charge is 0.313 e. The second-order valence-electron chi connectivity index (χ2n) is 8.65. The number of cyclic esters (lactones) is 1. The second-order valence-corrected chi connectivity index (χ2v) is 8.65. The predicted molar refractivity (Wildman–Crippen MR) is 131 cm³/mol. The third-order valence-electron chi connectivity index (χ3n) is 6.13. The van der Waals surface area contributed by atoms with Gasteiger partial charge in [-0.25, -0.2) is 4.99 Å². The molecule has 2 aromatic carbocycles. The molecule has 2 aromatic rings. The molecule has 0 radical (unpaired) electrons. The van der Waals surface area contributed by atoms with Crippen LogP contribution in [-0.4, -0.2) is 42.3 Å². The van der Waals surface area contributed by atoms with Crippen LogP contribution in [0.1, 0.15) is 56.6 Å². The van der Waals surface area contributed by atoms with Gasteiger partial charge in [-0.05, 0) is 48.1 Å². The van der Waals surface area contributed by atoms with Crippen molar-refractivity contribution >= 4 is 29.5 Å². The van der Waals surface area contributed by atoms with E-state index in [0.29, 0.717) is 24.4 Å². The molecule has 0 aromatic heterocycles. The van der Waals surface area contributed by atoms with Crippen molar-refractivity contribution in [3.63, 3.8) is 0 Å². The Kier molecular flexibility index (Phi) is 6.92. The van der Waals surface area contributed by atoms with E-state index in [2.05, 4.69) is 18.8 Å². The molecule has 1 amide bonds. The summed E-state index contributed by atoms with van der Waals surface area (Å²) in [6, 6.07) is 14.0. The molecule has 2 N–H and O–H groups in total. The lowest BCUT2D eigenvalue weighted by atomic mass is 9.94. The maximum atomic E-state index is 13.2. The number of carbonyl (C=O) groups is 2. The highest BCUT2D eigenvalue weighted by Crippen LogP contribution is 2.33. The molecule has 172 valence electrons. The Bertz CT molecular complexity index is 1100. The number of hydrogen-bond acceptors (Lipinski definition) is 5. The maximum absolute atomic E-state index is 13.2. The van der Waals surface area contributed by atoms with Crippen molar-refractivity contribution < 1.29 is 14.3 Å². The maximum Gasteiger partial charge on any atom is 0.313 e. The molecular weight excluding hydrogens is 414 g/mol. The number of benzene rings is 2. The standard InChI is InChI=1S/C27H31N3O3/c1-3-12-30(13-4-2)26(31)22-15-21-10-9-20(16-24(21)29-25(28)17-22)18-5-7-19(8-6-18)23-11-14-33-27(23)32/h5-10,15-16,23H,3-4,11-14,17H2,1-2H3,(H2,28,29). The van der Waals surface area contributed by atoms with Crippen molar-refractivity contribution in [1.82, 2.24) is 4.90 Å². The van der Waals surface area contributed by atoms with Gasteiger partial charge in [0.05, 0.1) is 18.2 Å². The highest BCUT2D eigenvalue weighted by molar-refractivity contribution is 6.05. The van der Waals surface area contributed by atoms with Crippen LogP contribution >= 0.6 is 0 Å². The van der Waals surface area contributed by atoms with Gasteiger partial charge in [0, 0.05) is 30.6 Å². The first kappa shape index (κ1) is 22.8. The fourth-order valence-corrected chi connectivity index (χ4v) is 4.47. The number of carbonyl (C=O) groups excluding carboxylic acids is 2. The molecule has 0 saturated carbocycles. The molecule has 0 aliphatic carbocycles. The Morgan fingerprint density at radius 2 is 1.79 bits per heavy atom. The fraction of sp³-hybridized carbons (Fsp3) is 0.370. The van der Waals surface area contributed by atoms with Gasteiger partial charge in [-0.2, -0.15) is 0 Å². The first-order valence-electron chi connectivity index (χ1n) is 11.7. The molecule has 1 saturated heterocycles. The number of nitrogens with two attached hydrogens (primary N) is 1. The van der Waals surface area contributed by atoms with Gasteiger partial charge in [0.15, 0.2) is 0 Å². The molecule has 4 rings (SSSR count). The summed E-state index contributed by atoms with van der Waals surface area (Å²) in [4.78, 5) is 31.5. The first-order chi connectivity index (χ1) is 16.0. The summed E-state index contributed by atoms with van der Waals surface area (Å²) in [5.74, 6) is 0.158. The average molecular weight is 446 g/mol. The van der Waals surface area contributed by atoms with E-state index < -0.39 is 0 Å². The predicted octanol–water partition coefficient (Wildman–Crippen LogP) is 4.81. The largest absolute Gasteiger partial charge is 0.465 e. The summed E-state index contributed by atoms with van der Waals surface area (Å²) >= 11 is 0. The Hall–Kier alpha value is -3.41. The first-order valence-corrected chi connectivity index (χ1v) is 11.7. The monoisotopic (exact) mass is 445 g/mol. The van der Waals surface area contributed by atoms with Gasteiger partial charge in [-0.3, -0.25) is 9.59 Å². The van der Waals surface area contributed by atoms with Crippen molar-refractivity contribution in [2.75, 3.05) is 19.7 Å². The van der Waals surface area contributed by atoms with Crippen LogP contribution in [0.25, 0.3) is 17.2 Å². The summed E-state index contributed by atoms with van der Waals surface area (Å²) in [5.41, 5.74) is 11.6. The molecule has 2 heterocycles. The number of fused-ring (bicyclic) bond motifs is 1. The van der Waals surface area contributed by atoms with E-state index in [9.17, 15) is 9.59 Å². The summed E-state index contributed by atoms with van der Waals surface area (Å²) in [6.07, 6.45) is 4.84. The number of esters is 1. The minimum absolute atomic E-state index is 0.0369. The number of rotatable bonds is 7. The number of amidine groups is 1. The van der Waals surface area contributed by atoms with E-state index in [1.807, 2.05) is 53.4 Å². The van der Waals surface area contributed by atoms with Gasteiger partial charge >= 0.3 is 5.97 Å². The SMILES string of the molecule is CCCN(CCC)C(=O)C1=Cc2ccc(-c3ccc(C4CCOC4=O)cc3)cc2N=C(N)C1. The van der Waals surface area contributed by atoms with E-state index in [4.69, 9.17) is 10.5 Å². The lowest BCUT2D eigenvalue weighted by molar-refractivity contribution is -0.139. The quantitative estimate of drug-likeness (QED) is 0.620. The Labute approximate surface area is 195 Å². The minimum Gasteiger partial charge on any atom is -0.465 e. The topological polar surface area (TPSA) is 85.0 Å². The van der Waals surface area contributed by atoms with Gasteiger partial charge in [0.2, 0.25) is 5.91 Å². The third kappa shape index (κ3) is 5.00. The van der Waals surface area contributed by atoms with Crippen LogP contribution in [0, 0.1) is 0 Å². The molecule has 1 unspecified atom stereocenters. The number of nitrogens with zero attached hydrogens (tertiary/aromatic N) is 2. The molecular formula is C27H31N3O3. The van der Waals surface area contributed by atoms with Crippen LogP contribution in [0.15, 0.2) is 53.0 Å². The van der Waals surface area contributed by atoms with Crippen molar-refractivity contribution in [2.24, 2.45) is 10.7 Å². The van der Waals surface area contributed by atoms with Gasteiger partial charge in [-0.1, -0.05) is 50.2 Å². The second kappa shape index (κ2) is 10.0. The number of amides is 1. The van der Waals surface area contributed by atoms with E-state index in [-0.39, 0.29) is 17.8 Å². The van der Waals surface area contributed by atoms with E-state index in [1.165, 1.54) is 0 Å². The molecule has 6 heteroatoms. The third-order valence-corrected chi connectivity index (χ3v) is 6.13. The molecule has 0 spiro atoms. The van der Waals surface area contributed by atoms with E-state index in [1.54, 1.807) is 0 Å². The van der Waals surface area contributed by atoms with E-state index in [0.717, 1.165) is 60.3 Å². The Balaban J connectivity index is 1.61. The van der Waals surface area contributed by atoms with Gasteiger partial charge in [0.25, 0.3) is 0 Å². The molecule has 1 atom stereocenters.